The van der Waals surface area contributed by atoms with Gasteiger partial charge in [-0.1, -0.05) is 13.3 Å². The van der Waals surface area contributed by atoms with Crippen molar-refractivity contribution in [2.24, 2.45) is 5.73 Å². The third-order valence-corrected chi connectivity index (χ3v) is 4.00. The molecular weight excluding hydrogens is 298 g/mol. The maximum Gasteiger partial charge on any atom is 0.125 e. The van der Waals surface area contributed by atoms with E-state index in [1.54, 1.807) is 17.5 Å². The molecule has 2 heterocycles. The number of thiazole rings is 1. The minimum absolute atomic E-state index is 0.564. The molecule has 2 aromatic heterocycles. The Labute approximate surface area is 113 Å². The van der Waals surface area contributed by atoms with Gasteiger partial charge in [0, 0.05) is 33.9 Å². The van der Waals surface area contributed by atoms with Gasteiger partial charge >= 0.3 is 0 Å². The Hall–Kier alpha value is -0.780. The highest BCUT2D eigenvalue weighted by Crippen LogP contribution is 2.29. The predicted octanol–water partition coefficient (Wildman–Crippen LogP) is 3.38. The first-order valence-corrected chi connectivity index (χ1v) is 7.15. The zero-order chi connectivity index (χ0) is 12.3. The number of hydrogen-bond acceptors (Lipinski definition) is 4. The Kier molecular flexibility index (Phi) is 4.25. The number of nitrogens with two attached hydrogens (primary N) is 1. The molecule has 0 aromatic carbocycles. The largest absolute Gasteiger partial charge is 0.326 e. The van der Waals surface area contributed by atoms with Gasteiger partial charge < -0.3 is 5.73 Å². The van der Waals surface area contributed by atoms with Crippen LogP contribution in [0.15, 0.2) is 22.9 Å². The topological polar surface area (TPSA) is 51.8 Å². The predicted molar refractivity (Wildman–Crippen MR) is 74.9 cm³/mol. The second kappa shape index (κ2) is 5.71. The highest BCUT2D eigenvalue weighted by Gasteiger charge is 2.11. The first-order chi connectivity index (χ1) is 8.24. The summed E-state index contributed by atoms with van der Waals surface area (Å²) in [5.74, 6) is 0. The molecule has 0 fully saturated rings. The number of aryl methyl sites for hydroxylation is 1. The van der Waals surface area contributed by atoms with E-state index in [0.29, 0.717) is 6.54 Å². The molecule has 0 amide bonds. The van der Waals surface area contributed by atoms with Gasteiger partial charge in [-0.2, -0.15) is 0 Å². The standard InChI is InChI=1S/C12H14BrN3S/c1-2-3-10-11(5-14)17-12(16-10)8-4-9(13)7-15-6-8/h4,6-7H,2-3,5,14H2,1H3. The van der Waals surface area contributed by atoms with Crippen LogP contribution in [0.25, 0.3) is 10.6 Å². The van der Waals surface area contributed by atoms with Crippen LogP contribution < -0.4 is 5.73 Å². The highest BCUT2D eigenvalue weighted by atomic mass is 79.9. The van der Waals surface area contributed by atoms with Crippen LogP contribution in [0.3, 0.4) is 0 Å². The van der Waals surface area contributed by atoms with Crippen LogP contribution in [-0.2, 0) is 13.0 Å². The Morgan fingerprint density at radius 1 is 1.41 bits per heavy atom. The first-order valence-electron chi connectivity index (χ1n) is 5.54. The normalized spacial score (nSPS) is 10.8. The SMILES string of the molecule is CCCc1nc(-c2cncc(Br)c2)sc1CN. The van der Waals surface area contributed by atoms with Crippen LogP contribution in [0.1, 0.15) is 23.9 Å². The number of halogens is 1. The van der Waals surface area contributed by atoms with E-state index in [1.165, 1.54) is 4.88 Å². The van der Waals surface area contributed by atoms with Crippen molar-refractivity contribution in [1.29, 1.82) is 0 Å². The molecule has 0 spiro atoms. The molecule has 0 radical (unpaired) electrons. The first kappa shape index (κ1) is 12.7. The van der Waals surface area contributed by atoms with Gasteiger partial charge in [0.2, 0.25) is 0 Å². The zero-order valence-electron chi connectivity index (χ0n) is 9.61. The minimum Gasteiger partial charge on any atom is -0.326 e. The summed E-state index contributed by atoms with van der Waals surface area (Å²) in [4.78, 5) is 10.0. The summed E-state index contributed by atoms with van der Waals surface area (Å²) in [7, 11) is 0. The average molecular weight is 312 g/mol. The van der Waals surface area contributed by atoms with Gasteiger partial charge in [-0.25, -0.2) is 4.98 Å². The Balaban J connectivity index is 2.39. The van der Waals surface area contributed by atoms with Crippen molar-refractivity contribution < 1.29 is 0 Å². The minimum atomic E-state index is 0.564. The quantitative estimate of drug-likeness (QED) is 0.941. The van der Waals surface area contributed by atoms with E-state index in [4.69, 9.17) is 5.73 Å². The monoisotopic (exact) mass is 311 g/mol. The van der Waals surface area contributed by atoms with Crippen molar-refractivity contribution in [2.45, 2.75) is 26.3 Å². The molecule has 2 N–H and O–H groups in total. The van der Waals surface area contributed by atoms with Crippen molar-refractivity contribution in [1.82, 2.24) is 9.97 Å². The molecule has 5 heteroatoms. The number of aromatic nitrogens is 2. The molecule has 0 aliphatic heterocycles. The number of nitrogens with zero attached hydrogens (tertiary/aromatic N) is 2. The molecule has 17 heavy (non-hydrogen) atoms. The van der Waals surface area contributed by atoms with E-state index in [0.717, 1.165) is 33.6 Å². The van der Waals surface area contributed by atoms with Crippen LogP contribution in [0.2, 0.25) is 0 Å². The summed E-state index contributed by atoms with van der Waals surface area (Å²) >= 11 is 5.09. The van der Waals surface area contributed by atoms with Crippen molar-refractivity contribution in [3.8, 4) is 10.6 Å². The summed E-state index contributed by atoms with van der Waals surface area (Å²) in [6.45, 7) is 2.72. The Morgan fingerprint density at radius 3 is 2.88 bits per heavy atom. The van der Waals surface area contributed by atoms with Crippen molar-refractivity contribution in [2.75, 3.05) is 0 Å². The Morgan fingerprint density at radius 2 is 2.24 bits per heavy atom. The van der Waals surface area contributed by atoms with Crippen LogP contribution >= 0.6 is 27.3 Å². The van der Waals surface area contributed by atoms with E-state index < -0.39 is 0 Å². The summed E-state index contributed by atoms with van der Waals surface area (Å²) in [6.07, 6.45) is 5.69. The van der Waals surface area contributed by atoms with Gasteiger partial charge in [-0.05, 0) is 28.4 Å². The van der Waals surface area contributed by atoms with E-state index in [2.05, 4.69) is 32.8 Å². The van der Waals surface area contributed by atoms with Crippen molar-refractivity contribution in [3.05, 3.63) is 33.5 Å². The molecule has 0 aliphatic rings. The highest BCUT2D eigenvalue weighted by molar-refractivity contribution is 9.10. The van der Waals surface area contributed by atoms with Gasteiger partial charge in [-0.3, -0.25) is 4.98 Å². The second-order valence-corrected chi connectivity index (χ2v) is 5.73. The lowest BCUT2D eigenvalue weighted by molar-refractivity contribution is 0.871. The maximum absolute atomic E-state index is 5.75. The maximum atomic E-state index is 5.75. The molecule has 2 rings (SSSR count). The fraction of sp³-hybridized carbons (Fsp3) is 0.333. The summed E-state index contributed by atoms with van der Waals surface area (Å²) in [5.41, 5.74) is 7.92. The van der Waals surface area contributed by atoms with E-state index >= 15 is 0 Å². The summed E-state index contributed by atoms with van der Waals surface area (Å²) in [5, 5.41) is 1.00. The molecule has 0 saturated carbocycles. The van der Waals surface area contributed by atoms with Gasteiger partial charge in [0.15, 0.2) is 0 Å². The molecular formula is C12H14BrN3S. The molecule has 0 bridgehead atoms. The van der Waals surface area contributed by atoms with Crippen molar-refractivity contribution in [3.63, 3.8) is 0 Å². The average Bonchev–Trinajstić information content (AvgIpc) is 2.73. The van der Waals surface area contributed by atoms with Crippen LogP contribution in [0, 0.1) is 0 Å². The van der Waals surface area contributed by atoms with E-state index in [9.17, 15) is 0 Å². The van der Waals surface area contributed by atoms with E-state index in [-0.39, 0.29) is 0 Å². The molecule has 2 aromatic rings. The third-order valence-electron chi connectivity index (χ3n) is 2.40. The third kappa shape index (κ3) is 2.91. The Bertz CT molecular complexity index is 510. The fourth-order valence-corrected chi connectivity index (χ4v) is 2.96. The van der Waals surface area contributed by atoms with Gasteiger partial charge in [-0.15, -0.1) is 11.3 Å². The fourth-order valence-electron chi connectivity index (χ4n) is 1.63. The number of hydrogen-bond donors (Lipinski definition) is 1. The molecule has 3 nitrogen and oxygen atoms in total. The molecule has 0 saturated heterocycles. The lowest BCUT2D eigenvalue weighted by Crippen LogP contribution is -1.97. The smallest absolute Gasteiger partial charge is 0.125 e. The lowest BCUT2D eigenvalue weighted by atomic mass is 10.2. The van der Waals surface area contributed by atoms with Gasteiger partial charge in [0.1, 0.15) is 5.01 Å². The molecule has 0 atom stereocenters. The van der Waals surface area contributed by atoms with Crippen LogP contribution in [0.5, 0.6) is 0 Å². The summed E-state index contributed by atoms with van der Waals surface area (Å²) in [6, 6.07) is 2.03. The molecule has 0 aliphatic carbocycles. The van der Waals surface area contributed by atoms with Gasteiger partial charge in [0.05, 0.1) is 5.69 Å². The number of rotatable bonds is 4. The van der Waals surface area contributed by atoms with Crippen LogP contribution in [0.4, 0.5) is 0 Å². The summed E-state index contributed by atoms with van der Waals surface area (Å²) < 4.78 is 0.969. The molecule has 90 valence electrons. The lowest BCUT2D eigenvalue weighted by Gasteiger charge is -1.95. The van der Waals surface area contributed by atoms with E-state index in [1.807, 2.05) is 12.3 Å². The second-order valence-electron chi connectivity index (χ2n) is 3.73. The number of pyridine rings is 1. The zero-order valence-corrected chi connectivity index (χ0v) is 12.0. The van der Waals surface area contributed by atoms with Crippen molar-refractivity contribution >= 4 is 27.3 Å². The molecule has 0 unspecified atom stereocenters. The van der Waals surface area contributed by atoms with Crippen LogP contribution in [-0.4, -0.2) is 9.97 Å². The van der Waals surface area contributed by atoms with Gasteiger partial charge in [0.25, 0.3) is 0 Å².